The molecule has 0 aliphatic heterocycles. The minimum absolute atomic E-state index is 0.00515. The second kappa shape index (κ2) is 6.52. The number of rotatable bonds is 4. The number of hydrogen-bond acceptors (Lipinski definition) is 4. The molecular formula is C19H12F3N3O3. The van der Waals surface area contributed by atoms with Gasteiger partial charge >= 0.3 is 12.1 Å². The topological polar surface area (TPSA) is 76.7 Å². The van der Waals surface area contributed by atoms with E-state index in [-0.39, 0.29) is 34.5 Å². The molecule has 9 heteroatoms. The van der Waals surface area contributed by atoms with Crippen molar-refractivity contribution in [2.24, 2.45) is 0 Å². The van der Waals surface area contributed by atoms with Gasteiger partial charge in [-0.15, -0.1) is 0 Å². The Balaban J connectivity index is 1.96. The average molecular weight is 387 g/mol. The van der Waals surface area contributed by atoms with E-state index >= 15 is 0 Å². The van der Waals surface area contributed by atoms with Crippen molar-refractivity contribution in [2.75, 3.05) is 0 Å². The monoisotopic (exact) mass is 387 g/mol. The average Bonchev–Trinajstić information content (AvgIpc) is 3.14. The van der Waals surface area contributed by atoms with Gasteiger partial charge in [-0.05, 0) is 23.8 Å². The Kier molecular flexibility index (Phi) is 4.14. The first kappa shape index (κ1) is 17.8. The predicted octanol–water partition coefficient (Wildman–Crippen LogP) is 4.18. The van der Waals surface area contributed by atoms with Gasteiger partial charge in [-0.2, -0.15) is 18.3 Å². The summed E-state index contributed by atoms with van der Waals surface area (Å²) in [5.41, 5.74) is -0.402. The van der Waals surface area contributed by atoms with E-state index in [0.29, 0.717) is 0 Å². The number of ether oxygens (including phenoxy) is 1. The highest BCUT2D eigenvalue weighted by Crippen LogP contribution is 2.37. The lowest BCUT2D eigenvalue weighted by Gasteiger charge is -2.15. The molecule has 4 rings (SSSR count). The van der Waals surface area contributed by atoms with E-state index in [4.69, 9.17) is 4.74 Å². The fourth-order valence-corrected chi connectivity index (χ4v) is 2.98. The Bertz CT molecular complexity index is 1190. The number of aromatic carboxylic acids is 1. The van der Waals surface area contributed by atoms with Crippen LogP contribution in [-0.4, -0.2) is 25.7 Å². The maximum atomic E-state index is 13.2. The quantitative estimate of drug-likeness (QED) is 0.569. The molecule has 0 saturated heterocycles. The standard InChI is InChI=1S/C19H12F3N3O3/c20-19(21,22)12-6-7-13-14(8-12)17-23-10-24-25(17)15(18(26)27)16(13)28-9-11-4-2-1-3-5-11/h1-8,10H,9H2,(H,26,27). The molecular weight excluding hydrogens is 375 g/mol. The smallest absolute Gasteiger partial charge is 0.416 e. The van der Waals surface area contributed by atoms with Gasteiger partial charge in [-0.25, -0.2) is 14.3 Å². The predicted molar refractivity (Wildman–Crippen MR) is 93.2 cm³/mol. The van der Waals surface area contributed by atoms with Gasteiger partial charge in [-0.3, -0.25) is 0 Å². The van der Waals surface area contributed by atoms with Crippen molar-refractivity contribution >= 4 is 22.4 Å². The Morgan fingerprint density at radius 3 is 2.54 bits per heavy atom. The molecule has 0 amide bonds. The maximum absolute atomic E-state index is 13.2. The van der Waals surface area contributed by atoms with Crippen LogP contribution in [0.5, 0.6) is 5.75 Å². The minimum Gasteiger partial charge on any atom is -0.486 e. The number of benzene rings is 2. The summed E-state index contributed by atoms with van der Waals surface area (Å²) >= 11 is 0. The highest BCUT2D eigenvalue weighted by Gasteiger charge is 2.32. The van der Waals surface area contributed by atoms with Gasteiger partial charge in [0.2, 0.25) is 0 Å². The van der Waals surface area contributed by atoms with E-state index in [1.54, 1.807) is 24.3 Å². The maximum Gasteiger partial charge on any atom is 0.416 e. The molecule has 2 aromatic heterocycles. The molecule has 0 unspecified atom stereocenters. The third-order valence-corrected chi connectivity index (χ3v) is 4.24. The molecule has 6 nitrogen and oxygen atoms in total. The van der Waals surface area contributed by atoms with Crippen LogP contribution in [0.3, 0.4) is 0 Å². The summed E-state index contributed by atoms with van der Waals surface area (Å²) in [6.07, 6.45) is -3.47. The highest BCUT2D eigenvalue weighted by atomic mass is 19.4. The van der Waals surface area contributed by atoms with Crippen molar-refractivity contribution in [3.8, 4) is 5.75 Å². The van der Waals surface area contributed by atoms with Crippen molar-refractivity contribution in [1.29, 1.82) is 0 Å². The van der Waals surface area contributed by atoms with Crippen molar-refractivity contribution in [3.63, 3.8) is 0 Å². The molecule has 142 valence electrons. The zero-order valence-electron chi connectivity index (χ0n) is 14.1. The number of hydrogen-bond donors (Lipinski definition) is 1. The van der Waals surface area contributed by atoms with E-state index in [1.807, 2.05) is 6.07 Å². The van der Waals surface area contributed by atoms with Crippen molar-refractivity contribution in [2.45, 2.75) is 12.8 Å². The zero-order valence-corrected chi connectivity index (χ0v) is 14.1. The molecule has 4 aromatic rings. The second-order valence-corrected chi connectivity index (χ2v) is 6.01. The molecule has 0 saturated carbocycles. The second-order valence-electron chi connectivity index (χ2n) is 6.01. The summed E-state index contributed by atoms with van der Waals surface area (Å²) in [6, 6.07) is 12.0. The molecule has 0 bridgehead atoms. The van der Waals surface area contributed by atoms with Crippen LogP contribution >= 0.6 is 0 Å². The number of carboxylic acids is 1. The number of carboxylic acid groups (broad SMARTS) is 1. The molecule has 0 fully saturated rings. The molecule has 0 atom stereocenters. The molecule has 0 spiro atoms. The van der Waals surface area contributed by atoms with E-state index in [0.717, 1.165) is 28.5 Å². The van der Waals surface area contributed by atoms with Gasteiger partial charge in [0.15, 0.2) is 17.1 Å². The van der Waals surface area contributed by atoms with E-state index in [2.05, 4.69) is 10.1 Å². The normalized spacial score (nSPS) is 11.8. The van der Waals surface area contributed by atoms with E-state index < -0.39 is 17.7 Å². The molecule has 2 heterocycles. The molecule has 2 aromatic carbocycles. The molecule has 0 aliphatic rings. The van der Waals surface area contributed by atoms with Crippen molar-refractivity contribution in [3.05, 3.63) is 71.7 Å². The summed E-state index contributed by atoms with van der Waals surface area (Å²) in [5.74, 6) is -1.40. The molecule has 28 heavy (non-hydrogen) atoms. The van der Waals surface area contributed by atoms with Crippen LogP contribution < -0.4 is 4.74 Å². The Morgan fingerprint density at radius 2 is 1.86 bits per heavy atom. The summed E-state index contributed by atoms with van der Waals surface area (Å²) in [5, 5.41) is 13.8. The number of fused-ring (bicyclic) bond motifs is 3. The highest BCUT2D eigenvalue weighted by molar-refractivity contribution is 6.05. The fraction of sp³-hybridized carbons (Fsp3) is 0.105. The van der Waals surface area contributed by atoms with E-state index in [1.165, 1.54) is 6.07 Å². The molecule has 1 N–H and O–H groups in total. The van der Waals surface area contributed by atoms with Crippen molar-refractivity contribution in [1.82, 2.24) is 14.6 Å². The number of nitrogens with zero attached hydrogens (tertiary/aromatic N) is 3. The van der Waals surface area contributed by atoms with Gasteiger partial charge in [0.1, 0.15) is 12.9 Å². The summed E-state index contributed by atoms with van der Waals surface area (Å²) in [4.78, 5) is 15.8. The minimum atomic E-state index is -4.55. The molecule has 0 radical (unpaired) electrons. The van der Waals surface area contributed by atoms with Crippen molar-refractivity contribution < 1.29 is 27.8 Å². The van der Waals surface area contributed by atoms with Crippen LogP contribution in [0.25, 0.3) is 16.4 Å². The number of halogens is 3. The first-order chi connectivity index (χ1) is 13.4. The van der Waals surface area contributed by atoms with Crippen LogP contribution in [-0.2, 0) is 12.8 Å². The van der Waals surface area contributed by atoms with Crippen LogP contribution in [0, 0.1) is 0 Å². The zero-order chi connectivity index (χ0) is 19.9. The molecule has 0 aliphatic carbocycles. The van der Waals surface area contributed by atoms with Crippen LogP contribution in [0.4, 0.5) is 13.2 Å². The largest absolute Gasteiger partial charge is 0.486 e. The van der Waals surface area contributed by atoms with Gasteiger partial charge in [0, 0.05) is 10.8 Å². The number of aromatic nitrogens is 3. The number of alkyl halides is 3. The lowest BCUT2D eigenvalue weighted by Crippen LogP contribution is -2.12. The Hall–Kier alpha value is -3.62. The van der Waals surface area contributed by atoms with Gasteiger partial charge in [0.05, 0.1) is 5.56 Å². The summed E-state index contributed by atoms with van der Waals surface area (Å²) < 4.78 is 46.2. The Labute approximate surface area is 155 Å². The third-order valence-electron chi connectivity index (χ3n) is 4.24. The number of carbonyl (C=O) groups is 1. The van der Waals surface area contributed by atoms with E-state index in [9.17, 15) is 23.1 Å². The fourth-order valence-electron chi connectivity index (χ4n) is 2.98. The lowest BCUT2D eigenvalue weighted by molar-refractivity contribution is -0.137. The lowest BCUT2D eigenvalue weighted by atomic mass is 10.1. The third kappa shape index (κ3) is 3.00. The van der Waals surface area contributed by atoms with Crippen LogP contribution in [0.1, 0.15) is 21.6 Å². The van der Waals surface area contributed by atoms with Gasteiger partial charge in [0.25, 0.3) is 0 Å². The first-order valence-electron chi connectivity index (χ1n) is 8.13. The SMILES string of the molecule is O=C(O)c1c(OCc2ccccc2)c2ccc(C(F)(F)F)cc2c2ncnn12. The Morgan fingerprint density at radius 1 is 1.11 bits per heavy atom. The van der Waals surface area contributed by atoms with Gasteiger partial charge < -0.3 is 9.84 Å². The summed E-state index contributed by atoms with van der Waals surface area (Å²) in [7, 11) is 0. The first-order valence-corrected chi connectivity index (χ1v) is 8.13. The van der Waals surface area contributed by atoms with Crippen LogP contribution in [0.15, 0.2) is 54.9 Å². The number of pyridine rings is 1. The van der Waals surface area contributed by atoms with Crippen LogP contribution in [0.2, 0.25) is 0 Å². The van der Waals surface area contributed by atoms with Gasteiger partial charge in [-0.1, -0.05) is 30.3 Å². The summed E-state index contributed by atoms with van der Waals surface area (Å²) in [6.45, 7) is 0.0391.